The highest BCUT2D eigenvalue weighted by atomic mass is 16.6. The van der Waals surface area contributed by atoms with Gasteiger partial charge in [0.2, 0.25) is 0 Å². The molecule has 6 nitrogen and oxygen atoms in total. The van der Waals surface area contributed by atoms with E-state index in [2.05, 4.69) is 48.0 Å². The summed E-state index contributed by atoms with van der Waals surface area (Å²) in [5, 5.41) is 0. The molecule has 5 aliphatic heterocycles. The maximum absolute atomic E-state index is 12.3. The Morgan fingerprint density at radius 3 is 2.57 bits per heavy atom. The number of benzene rings is 1. The number of ether oxygens (including phenoxy) is 2. The van der Waals surface area contributed by atoms with Crippen LogP contribution in [-0.2, 0) is 24.5 Å². The number of hydrogen-bond acceptors (Lipinski definition) is 6. The minimum absolute atomic E-state index is 0.122. The molecule has 30 heavy (non-hydrogen) atoms. The summed E-state index contributed by atoms with van der Waals surface area (Å²) in [5.41, 5.74) is 2.41. The summed E-state index contributed by atoms with van der Waals surface area (Å²) in [6.45, 7) is 5.26. The van der Waals surface area contributed by atoms with Crippen molar-refractivity contribution in [2.75, 3.05) is 11.9 Å². The lowest BCUT2D eigenvalue weighted by atomic mass is 9.62. The topological polar surface area (TPSA) is 59.1 Å². The Hall–Kier alpha value is -2.08. The van der Waals surface area contributed by atoms with Crippen LogP contribution in [0, 0.1) is 17.8 Å². The van der Waals surface area contributed by atoms with Gasteiger partial charge in [-0.05, 0) is 36.8 Å². The van der Waals surface area contributed by atoms with Crippen LogP contribution in [0.5, 0.6) is 0 Å². The van der Waals surface area contributed by atoms with E-state index in [0.29, 0.717) is 29.8 Å². The number of nitrogens with zero attached hydrogens (tertiary/aromatic N) is 2. The summed E-state index contributed by atoms with van der Waals surface area (Å²) in [4.78, 5) is 29.2. The first-order chi connectivity index (χ1) is 14.4. The molecule has 1 saturated carbocycles. The monoisotopic (exact) mass is 410 g/mol. The molecule has 1 aliphatic carbocycles. The van der Waals surface area contributed by atoms with Crippen LogP contribution in [0.15, 0.2) is 24.3 Å². The summed E-state index contributed by atoms with van der Waals surface area (Å²) in [6, 6.07) is 9.46. The zero-order valence-electron chi connectivity index (χ0n) is 18.1. The van der Waals surface area contributed by atoms with Crippen molar-refractivity contribution in [2.45, 2.75) is 75.9 Å². The van der Waals surface area contributed by atoms with Crippen LogP contribution in [0.3, 0.4) is 0 Å². The van der Waals surface area contributed by atoms with E-state index in [1.807, 2.05) is 0 Å². The van der Waals surface area contributed by atoms with Gasteiger partial charge in [0.1, 0.15) is 6.10 Å². The normalized spacial score (nSPS) is 46.5. The van der Waals surface area contributed by atoms with Gasteiger partial charge in [-0.25, -0.2) is 0 Å². The first-order valence-electron chi connectivity index (χ1n) is 11.3. The quantitative estimate of drug-likeness (QED) is 0.714. The third-order valence-electron chi connectivity index (χ3n) is 8.98. The molecule has 0 radical (unpaired) electrons. The summed E-state index contributed by atoms with van der Waals surface area (Å²) >= 11 is 0. The van der Waals surface area contributed by atoms with Crippen molar-refractivity contribution in [3.8, 4) is 0 Å². The highest BCUT2D eigenvalue weighted by molar-refractivity contribution is 5.70. The molecule has 4 saturated heterocycles. The molecule has 5 bridgehead atoms. The lowest BCUT2D eigenvalue weighted by Crippen LogP contribution is -2.73. The van der Waals surface area contributed by atoms with Crippen LogP contribution < -0.4 is 4.90 Å². The average molecular weight is 411 g/mol. The van der Waals surface area contributed by atoms with Crippen LogP contribution in [0.25, 0.3) is 0 Å². The molecule has 2 unspecified atom stereocenters. The van der Waals surface area contributed by atoms with Gasteiger partial charge in [0.05, 0.1) is 11.5 Å². The maximum Gasteiger partial charge on any atom is 0.304 e. The van der Waals surface area contributed by atoms with Gasteiger partial charge in [-0.15, -0.1) is 0 Å². The summed E-state index contributed by atoms with van der Waals surface area (Å²) < 4.78 is 12.2. The van der Waals surface area contributed by atoms with Crippen molar-refractivity contribution in [2.24, 2.45) is 17.8 Å². The van der Waals surface area contributed by atoms with E-state index in [0.717, 1.165) is 19.3 Å². The fourth-order valence-corrected chi connectivity index (χ4v) is 8.49. The lowest BCUT2D eigenvalue weighted by Gasteiger charge is -2.62. The molecule has 7 rings (SSSR count). The number of anilines is 1. The minimum atomic E-state index is -0.203. The van der Waals surface area contributed by atoms with Crippen LogP contribution in [0.2, 0.25) is 0 Å². The van der Waals surface area contributed by atoms with Gasteiger partial charge in [0.15, 0.2) is 6.23 Å². The predicted octanol–water partition coefficient (Wildman–Crippen LogP) is 2.70. The molecule has 5 heterocycles. The van der Waals surface area contributed by atoms with Crippen molar-refractivity contribution < 1.29 is 19.1 Å². The van der Waals surface area contributed by atoms with E-state index >= 15 is 0 Å². The Kier molecular flexibility index (Phi) is 3.73. The van der Waals surface area contributed by atoms with E-state index in [1.54, 1.807) is 6.92 Å². The third kappa shape index (κ3) is 1.99. The molecule has 6 heteroatoms. The van der Waals surface area contributed by atoms with Crippen molar-refractivity contribution in [3.05, 3.63) is 29.8 Å². The maximum atomic E-state index is 12.3. The van der Waals surface area contributed by atoms with Gasteiger partial charge in [-0.2, -0.15) is 0 Å². The predicted molar refractivity (Wildman–Crippen MR) is 111 cm³/mol. The van der Waals surface area contributed by atoms with Crippen molar-refractivity contribution in [1.29, 1.82) is 0 Å². The second-order valence-corrected chi connectivity index (χ2v) is 9.98. The Morgan fingerprint density at radius 2 is 1.87 bits per heavy atom. The van der Waals surface area contributed by atoms with Gasteiger partial charge in [0, 0.05) is 50.5 Å². The molecule has 1 aromatic carbocycles. The van der Waals surface area contributed by atoms with E-state index in [1.165, 1.54) is 18.2 Å². The van der Waals surface area contributed by atoms with Crippen LogP contribution >= 0.6 is 0 Å². The number of piperidine rings is 4. The molecule has 160 valence electrons. The fourth-order valence-electron chi connectivity index (χ4n) is 8.49. The third-order valence-corrected chi connectivity index (χ3v) is 8.98. The van der Waals surface area contributed by atoms with Crippen LogP contribution in [0.1, 0.15) is 45.6 Å². The van der Waals surface area contributed by atoms with Gasteiger partial charge in [-0.1, -0.05) is 25.1 Å². The molecule has 10 atom stereocenters. The molecule has 1 spiro atoms. The van der Waals surface area contributed by atoms with E-state index in [9.17, 15) is 9.59 Å². The molecule has 0 aromatic heterocycles. The number of fused-ring (bicyclic) bond motifs is 2. The summed E-state index contributed by atoms with van der Waals surface area (Å²) in [7, 11) is 2.18. The van der Waals surface area contributed by atoms with Gasteiger partial charge in [0.25, 0.3) is 0 Å². The number of carbonyl (C=O) groups excluding carboxylic acids is 2. The molecular weight excluding hydrogens is 380 g/mol. The molecule has 1 aromatic rings. The van der Waals surface area contributed by atoms with Crippen LogP contribution in [-0.4, -0.2) is 54.3 Å². The molecule has 0 N–H and O–H groups in total. The molecular formula is C24H30N2O4. The van der Waals surface area contributed by atoms with E-state index in [-0.39, 0.29) is 35.7 Å². The summed E-state index contributed by atoms with van der Waals surface area (Å²) in [5.74, 6) is 0.608. The number of esters is 2. The zero-order valence-corrected chi connectivity index (χ0v) is 18.1. The highest BCUT2D eigenvalue weighted by Gasteiger charge is 2.78. The Bertz CT molecular complexity index is 934. The SMILES string of the molecule is CC[C@H]1[C@@H]2C[C@H]3[C@@H]4N(C)c5ccccc5C45C[C@@H]([C@@H]2[C@@H]5OC(C)=O)N3[C@@H]1OC(C)=O. The number of carbonyl (C=O) groups is 2. The smallest absolute Gasteiger partial charge is 0.304 e. The van der Waals surface area contributed by atoms with Crippen molar-refractivity contribution >= 4 is 17.6 Å². The van der Waals surface area contributed by atoms with E-state index in [4.69, 9.17) is 9.47 Å². The number of rotatable bonds is 3. The number of para-hydroxylation sites is 1. The van der Waals surface area contributed by atoms with E-state index < -0.39 is 0 Å². The zero-order chi connectivity index (χ0) is 20.9. The molecule has 0 amide bonds. The van der Waals surface area contributed by atoms with Crippen molar-refractivity contribution in [3.63, 3.8) is 0 Å². The Morgan fingerprint density at radius 1 is 1.13 bits per heavy atom. The van der Waals surface area contributed by atoms with Crippen LogP contribution in [0.4, 0.5) is 5.69 Å². The highest BCUT2D eigenvalue weighted by Crippen LogP contribution is 2.69. The largest absolute Gasteiger partial charge is 0.461 e. The summed E-state index contributed by atoms with van der Waals surface area (Å²) in [6.07, 6.45) is 2.72. The minimum Gasteiger partial charge on any atom is -0.461 e. The fraction of sp³-hybridized carbons (Fsp3) is 0.667. The number of hydrogen-bond donors (Lipinski definition) is 0. The lowest BCUT2D eigenvalue weighted by molar-refractivity contribution is -0.228. The molecule has 6 aliphatic rings. The number of likely N-dealkylation sites (N-methyl/N-ethyl adjacent to an activating group) is 1. The first kappa shape index (κ1) is 18.7. The Labute approximate surface area is 177 Å². The Balaban J connectivity index is 1.56. The molecule has 5 fully saturated rings. The van der Waals surface area contributed by atoms with Gasteiger partial charge >= 0.3 is 11.9 Å². The second kappa shape index (κ2) is 6.00. The standard InChI is InChI=1S/C24H30N2O4/c1-5-14-15-10-18-21-24(16-8-6-7-9-17(16)25(21)4)11-19(20(15)22(24)29-12(2)27)26(18)23(14)30-13(3)28/h6-9,14-15,18-23H,5,10-11H2,1-4H3/t14-,15-,18-,19-,20+,21-,22-,23+,24?/m0/s1. The average Bonchev–Trinajstić information content (AvgIpc) is 3.10. The van der Waals surface area contributed by atoms with Gasteiger partial charge in [-0.3, -0.25) is 14.5 Å². The van der Waals surface area contributed by atoms with Gasteiger partial charge < -0.3 is 14.4 Å². The first-order valence-corrected chi connectivity index (χ1v) is 11.3. The van der Waals surface area contributed by atoms with Crippen molar-refractivity contribution in [1.82, 2.24) is 4.90 Å². The second-order valence-electron chi connectivity index (χ2n) is 9.98.